The van der Waals surface area contributed by atoms with E-state index in [0.717, 1.165) is 5.56 Å². The number of hydrogen-bond donors (Lipinski definition) is 0. The van der Waals surface area contributed by atoms with Crippen LogP contribution in [0.1, 0.15) is 17.9 Å². The summed E-state index contributed by atoms with van der Waals surface area (Å²) in [7, 11) is 0. The third-order valence-corrected chi connectivity index (χ3v) is 1.68. The maximum absolute atomic E-state index is 8.77. The van der Waals surface area contributed by atoms with Gasteiger partial charge in [0.1, 0.15) is 0 Å². The summed E-state index contributed by atoms with van der Waals surface area (Å²) in [5, 5.41) is 8.77. The van der Waals surface area contributed by atoms with Crippen molar-refractivity contribution in [2.45, 2.75) is 12.3 Å². The average molecular weight is 155 g/mol. The Bertz CT molecular complexity index is 313. The zero-order valence-corrected chi connectivity index (χ0v) is 6.70. The van der Waals surface area contributed by atoms with E-state index in [1.807, 2.05) is 30.3 Å². The molecule has 1 rings (SSSR count). The van der Waals surface area contributed by atoms with Gasteiger partial charge in [0.25, 0.3) is 0 Å². The second-order valence-corrected chi connectivity index (χ2v) is 2.50. The lowest BCUT2D eigenvalue weighted by atomic mass is 9.98. The lowest BCUT2D eigenvalue weighted by molar-refractivity contribution is 0.897. The fourth-order valence-corrected chi connectivity index (χ4v) is 1.04. The van der Waals surface area contributed by atoms with Crippen molar-refractivity contribution in [3.63, 3.8) is 0 Å². The smallest absolute Gasteiger partial charge is 0.0821 e. The van der Waals surface area contributed by atoms with Crippen LogP contribution in [0.3, 0.4) is 0 Å². The molecule has 0 N–H and O–H groups in total. The Labute approximate surface area is 72.6 Å². The fraction of sp³-hybridized carbons (Fsp3) is 0.182. The van der Waals surface area contributed by atoms with Crippen LogP contribution < -0.4 is 0 Å². The van der Waals surface area contributed by atoms with Crippen LogP contribution in [0.25, 0.3) is 0 Å². The Morgan fingerprint density at radius 3 is 2.50 bits per heavy atom. The van der Waals surface area contributed by atoms with E-state index in [0.29, 0.717) is 6.42 Å². The first-order valence-corrected chi connectivity index (χ1v) is 3.76. The number of nitrogens with zero attached hydrogens (tertiary/aromatic N) is 1. The number of terminal acetylenes is 1. The molecule has 0 aliphatic carbocycles. The topological polar surface area (TPSA) is 23.8 Å². The molecule has 1 aromatic rings. The molecule has 1 atom stereocenters. The van der Waals surface area contributed by atoms with Gasteiger partial charge in [0, 0.05) is 6.42 Å². The van der Waals surface area contributed by atoms with E-state index in [4.69, 9.17) is 11.7 Å². The molecule has 1 heteroatoms. The van der Waals surface area contributed by atoms with Crippen molar-refractivity contribution in [1.82, 2.24) is 0 Å². The molecule has 1 nitrogen and oxygen atoms in total. The number of nitriles is 1. The van der Waals surface area contributed by atoms with E-state index >= 15 is 0 Å². The molecule has 0 saturated carbocycles. The van der Waals surface area contributed by atoms with Gasteiger partial charge in [-0.2, -0.15) is 5.26 Å². The van der Waals surface area contributed by atoms with Crippen LogP contribution in [0, 0.1) is 23.7 Å². The first kappa shape index (κ1) is 8.37. The van der Waals surface area contributed by atoms with Crippen molar-refractivity contribution in [3.8, 4) is 18.4 Å². The largest absolute Gasteiger partial charge is 0.198 e. The quantitative estimate of drug-likeness (QED) is 0.601. The average Bonchev–Trinajstić information content (AvgIpc) is 2.15. The first-order chi connectivity index (χ1) is 5.88. The zero-order chi connectivity index (χ0) is 8.81. The molecule has 0 amide bonds. The number of benzene rings is 1. The van der Waals surface area contributed by atoms with Gasteiger partial charge in [-0.3, -0.25) is 0 Å². The minimum absolute atomic E-state index is 0.156. The third kappa shape index (κ3) is 1.87. The SMILES string of the molecule is C#CCC(C#N)c1ccccc1. The van der Waals surface area contributed by atoms with Gasteiger partial charge in [0.05, 0.1) is 12.0 Å². The second-order valence-electron chi connectivity index (χ2n) is 2.50. The van der Waals surface area contributed by atoms with Crippen molar-refractivity contribution in [3.05, 3.63) is 35.9 Å². The Morgan fingerprint density at radius 1 is 1.33 bits per heavy atom. The molecule has 12 heavy (non-hydrogen) atoms. The van der Waals surface area contributed by atoms with Crippen molar-refractivity contribution in [1.29, 1.82) is 5.26 Å². The Morgan fingerprint density at radius 2 is 2.00 bits per heavy atom. The van der Waals surface area contributed by atoms with Crippen LogP contribution in [-0.4, -0.2) is 0 Å². The molecule has 0 heterocycles. The van der Waals surface area contributed by atoms with Gasteiger partial charge in [0.15, 0.2) is 0 Å². The molecular weight excluding hydrogens is 146 g/mol. The highest BCUT2D eigenvalue weighted by atomic mass is 14.3. The molecule has 0 saturated heterocycles. The van der Waals surface area contributed by atoms with Crippen LogP contribution in [0.4, 0.5) is 0 Å². The van der Waals surface area contributed by atoms with Gasteiger partial charge in [0.2, 0.25) is 0 Å². The lowest BCUT2D eigenvalue weighted by Gasteiger charge is -2.03. The Hall–Kier alpha value is -1.73. The highest BCUT2D eigenvalue weighted by molar-refractivity contribution is 5.26. The summed E-state index contributed by atoms with van der Waals surface area (Å²) < 4.78 is 0. The van der Waals surface area contributed by atoms with Crippen LogP contribution in [0.15, 0.2) is 30.3 Å². The van der Waals surface area contributed by atoms with Crippen LogP contribution >= 0.6 is 0 Å². The van der Waals surface area contributed by atoms with Crippen LogP contribution in [0.2, 0.25) is 0 Å². The normalized spacial score (nSPS) is 11.2. The van der Waals surface area contributed by atoms with Crippen LogP contribution in [-0.2, 0) is 0 Å². The third-order valence-electron chi connectivity index (χ3n) is 1.68. The van der Waals surface area contributed by atoms with E-state index < -0.39 is 0 Å². The summed E-state index contributed by atoms with van der Waals surface area (Å²) in [5.74, 6) is 2.34. The Kier molecular flexibility index (Phi) is 2.94. The zero-order valence-electron chi connectivity index (χ0n) is 6.70. The van der Waals surface area contributed by atoms with E-state index in [2.05, 4.69) is 12.0 Å². The maximum Gasteiger partial charge on any atom is 0.0821 e. The molecule has 1 aromatic carbocycles. The summed E-state index contributed by atoms with van der Waals surface area (Å²) in [5.41, 5.74) is 0.998. The fourth-order valence-electron chi connectivity index (χ4n) is 1.04. The minimum atomic E-state index is -0.156. The summed E-state index contributed by atoms with van der Waals surface area (Å²) in [6.07, 6.45) is 5.63. The van der Waals surface area contributed by atoms with Gasteiger partial charge in [-0.15, -0.1) is 12.3 Å². The molecule has 0 aliphatic heterocycles. The van der Waals surface area contributed by atoms with Gasteiger partial charge in [-0.25, -0.2) is 0 Å². The summed E-state index contributed by atoms with van der Waals surface area (Å²) in [6, 6.07) is 11.8. The number of rotatable bonds is 2. The van der Waals surface area contributed by atoms with E-state index in [1.54, 1.807) is 0 Å². The highest BCUT2D eigenvalue weighted by Gasteiger charge is 2.06. The second kappa shape index (κ2) is 4.21. The summed E-state index contributed by atoms with van der Waals surface area (Å²) in [6.45, 7) is 0. The van der Waals surface area contributed by atoms with Gasteiger partial charge in [-0.05, 0) is 5.56 Å². The van der Waals surface area contributed by atoms with E-state index in [1.165, 1.54) is 0 Å². The summed E-state index contributed by atoms with van der Waals surface area (Å²) in [4.78, 5) is 0. The molecule has 0 spiro atoms. The summed E-state index contributed by atoms with van der Waals surface area (Å²) >= 11 is 0. The van der Waals surface area contributed by atoms with Gasteiger partial charge >= 0.3 is 0 Å². The van der Waals surface area contributed by atoms with Gasteiger partial charge in [-0.1, -0.05) is 30.3 Å². The molecule has 0 aliphatic rings. The minimum Gasteiger partial charge on any atom is -0.198 e. The molecule has 0 bridgehead atoms. The predicted molar refractivity (Wildman–Crippen MR) is 48.2 cm³/mol. The highest BCUT2D eigenvalue weighted by Crippen LogP contribution is 2.16. The maximum atomic E-state index is 8.77. The number of hydrogen-bond acceptors (Lipinski definition) is 1. The van der Waals surface area contributed by atoms with E-state index in [9.17, 15) is 0 Å². The van der Waals surface area contributed by atoms with Crippen molar-refractivity contribution >= 4 is 0 Å². The molecule has 1 unspecified atom stereocenters. The molecule has 0 radical (unpaired) electrons. The monoisotopic (exact) mass is 155 g/mol. The van der Waals surface area contributed by atoms with Crippen molar-refractivity contribution in [2.75, 3.05) is 0 Å². The van der Waals surface area contributed by atoms with Gasteiger partial charge < -0.3 is 0 Å². The van der Waals surface area contributed by atoms with Crippen LogP contribution in [0.5, 0.6) is 0 Å². The standard InChI is InChI=1S/C11H9N/c1-2-6-11(9-12)10-7-4-3-5-8-10/h1,3-5,7-8,11H,6H2. The molecule has 58 valence electrons. The lowest BCUT2D eigenvalue weighted by Crippen LogP contribution is -1.92. The molecule has 0 fully saturated rings. The predicted octanol–water partition coefficient (Wildman–Crippen LogP) is 2.32. The van der Waals surface area contributed by atoms with Crippen molar-refractivity contribution < 1.29 is 0 Å². The Balaban J connectivity index is 2.84. The van der Waals surface area contributed by atoms with Crippen molar-refractivity contribution in [2.24, 2.45) is 0 Å². The van der Waals surface area contributed by atoms with E-state index in [-0.39, 0.29) is 5.92 Å². The first-order valence-electron chi connectivity index (χ1n) is 3.76. The molecular formula is C11H9N. The molecule has 0 aromatic heterocycles.